The molecule has 1 aromatic heterocycles. The Bertz CT molecular complexity index is 511. The lowest BCUT2D eigenvalue weighted by Crippen LogP contribution is -2.11. The molecule has 19 heavy (non-hydrogen) atoms. The minimum Gasteiger partial charge on any atom is -0.466 e. The van der Waals surface area contributed by atoms with E-state index in [1.165, 1.54) is 0 Å². The van der Waals surface area contributed by atoms with Crippen LogP contribution in [0.5, 0.6) is 0 Å². The van der Waals surface area contributed by atoms with Gasteiger partial charge in [-0.15, -0.1) is 0 Å². The van der Waals surface area contributed by atoms with Gasteiger partial charge in [-0.2, -0.15) is 0 Å². The van der Waals surface area contributed by atoms with Crippen LogP contribution in [-0.2, 0) is 16.0 Å². The predicted molar refractivity (Wildman–Crippen MR) is 63.9 cm³/mol. The minimum absolute atomic E-state index is 0.0909. The second-order valence-corrected chi connectivity index (χ2v) is 4.16. The largest absolute Gasteiger partial charge is 0.466 e. The average Bonchev–Trinajstić information content (AvgIpc) is 2.31. The van der Waals surface area contributed by atoms with E-state index in [-0.39, 0.29) is 16.6 Å². The molecule has 6 nitrogen and oxygen atoms in total. The summed E-state index contributed by atoms with van der Waals surface area (Å²) in [6.45, 7) is 1.66. The van der Waals surface area contributed by atoms with Gasteiger partial charge >= 0.3 is 11.8 Å². The van der Waals surface area contributed by atoms with Gasteiger partial charge in [-0.3, -0.25) is 4.79 Å². The minimum atomic E-state index is -2.89. The zero-order valence-electron chi connectivity index (χ0n) is 9.73. The van der Waals surface area contributed by atoms with Gasteiger partial charge in [-0.1, -0.05) is 0 Å². The van der Waals surface area contributed by atoms with E-state index in [9.17, 15) is 23.7 Å². The monoisotopic (exact) mass is 338 g/mol. The summed E-state index contributed by atoms with van der Waals surface area (Å²) < 4.78 is 30.0. The average molecular weight is 339 g/mol. The summed E-state index contributed by atoms with van der Waals surface area (Å²) in [5.41, 5.74) is -0.722. The Balaban J connectivity index is 3.26. The number of ether oxygens (including phenoxy) is 1. The molecule has 0 atom stereocenters. The number of carbonyl (C=O) groups excluding carboxylic acids is 1. The van der Waals surface area contributed by atoms with Gasteiger partial charge in [0.2, 0.25) is 0 Å². The Morgan fingerprint density at radius 1 is 1.63 bits per heavy atom. The molecule has 1 aromatic rings. The van der Waals surface area contributed by atoms with E-state index in [2.05, 4.69) is 25.7 Å². The first-order valence-corrected chi connectivity index (χ1v) is 5.93. The van der Waals surface area contributed by atoms with E-state index in [0.717, 1.165) is 0 Å². The SMILES string of the molecule is CCOC(=O)Cc1c(C(F)F)cnc([N+](=O)[O-])c1Br. The van der Waals surface area contributed by atoms with E-state index in [4.69, 9.17) is 0 Å². The van der Waals surface area contributed by atoms with Crippen LogP contribution in [-0.4, -0.2) is 22.5 Å². The van der Waals surface area contributed by atoms with E-state index in [1.54, 1.807) is 6.92 Å². The molecule has 0 N–H and O–H groups in total. The van der Waals surface area contributed by atoms with Crippen molar-refractivity contribution in [2.45, 2.75) is 19.8 Å². The second kappa shape index (κ2) is 6.50. The van der Waals surface area contributed by atoms with Crippen molar-refractivity contribution in [1.29, 1.82) is 0 Å². The molecule has 1 heterocycles. The first-order chi connectivity index (χ1) is 8.88. The highest BCUT2D eigenvalue weighted by Crippen LogP contribution is 2.33. The lowest BCUT2D eigenvalue weighted by Gasteiger charge is -2.09. The number of hydrogen-bond acceptors (Lipinski definition) is 5. The van der Waals surface area contributed by atoms with Crippen LogP contribution >= 0.6 is 15.9 Å². The molecule has 0 saturated carbocycles. The normalized spacial score (nSPS) is 10.6. The Kier molecular flexibility index (Phi) is 5.28. The Morgan fingerprint density at radius 3 is 2.74 bits per heavy atom. The lowest BCUT2D eigenvalue weighted by molar-refractivity contribution is -0.390. The van der Waals surface area contributed by atoms with Gasteiger partial charge in [0.25, 0.3) is 6.43 Å². The number of rotatable bonds is 5. The zero-order chi connectivity index (χ0) is 14.6. The number of aromatic nitrogens is 1. The third kappa shape index (κ3) is 3.66. The van der Waals surface area contributed by atoms with Crippen molar-refractivity contribution in [1.82, 2.24) is 4.98 Å². The number of halogens is 3. The van der Waals surface area contributed by atoms with Gasteiger partial charge in [0.1, 0.15) is 10.7 Å². The van der Waals surface area contributed by atoms with Crippen LogP contribution in [0.4, 0.5) is 14.6 Å². The van der Waals surface area contributed by atoms with E-state index in [1.807, 2.05) is 0 Å². The molecule has 0 amide bonds. The van der Waals surface area contributed by atoms with Crippen molar-refractivity contribution >= 4 is 27.7 Å². The molecule has 1 rings (SSSR count). The molecule has 0 fully saturated rings. The summed E-state index contributed by atoms with van der Waals surface area (Å²) in [7, 11) is 0. The van der Waals surface area contributed by atoms with Crippen molar-refractivity contribution in [2.24, 2.45) is 0 Å². The molecule has 0 aromatic carbocycles. The maximum Gasteiger partial charge on any atom is 0.378 e. The van der Waals surface area contributed by atoms with Crippen molar-refractivity contribution in [3.63, 3.8) is 0 Å². The third-order valence-corrected chi connectivity index (χ3v) is 3.00. The van der Waals surface area contributed by atoms with Gasteiger partial charge in [0, 0.05) is 0 Å². The number of alkyl halides is 2. The standard InChI is InChI=1S/C10H9BrF2N2O4/c1-2-19-7(16)3-5-6(9(12)13)4-14-10(8(5)11)15(17)18/h4,9H,2-3H2,1H3. The second-order valence-electron chi connectivity index (χ2n) is 3.37. The maximum atomic E-state index is 12.8. The molecule has 0 aliphatic rings. The summed E-state index contributed by atoms with van der Waals surface area (Å²) >= 11 is 2.84. The number of pyridine rings is 1. The van der Waals surface area contributed by atoms with Crippen LogP contribution in [0.25, 0.3) is 0 Å². The van der Waals surface area contributed by atoms with Crippen LogP contribution in [0.15, 0.2) is 10.7 Å². The Labute approximate surface area is 115 Å². The van der Waals surface area contributed by atoms with Gasteiger partial charge < -0.3 is 14.9 Å². The number of nitrogens with zero attached hydrogens (tertiary/aromatic N) is 2. The number of carbonyl (C=O) groups is 1. The van der Waals surface area contributed by atoms with Gasteiger partial charge in [-0.05, 0) is 38.3 Å². The summed E-state index contributed by atoms with van der Waals surface area (Å²) in [4.78, 5) is 24.5. The molecule has 0 radical (unpaired) electrons. The molecule has 0 unspecified atom stereocenters. The highest BCUT2D eigenvalue weighted by molar-refractivity contribution is 9.10. The first kappa shape index (κ1) is 15.4. The quantitative estimate of drug-likeness (QED) is 0.468. The van der Waals surface area contributed by atoms with E-state index >= 15 is 0 Å². The molecule has 9 heteroatoms. The summed E-state index contributed by atoms with van der Waals surface area (Å²) in [6, 6.07) is 0. The summed E-state index contributed by atoms with van der Waals surface area (Å²) in [5.74, 6) is -1.37. The van der Waals surface area contributed by atoms with E-state index in [0.29, 0.717) is 6.20 Å². The van der Waals surface area contributed by atoms with Gasteiger partial charge in [-0.25, -0.2) is 8.78 Å². The summed E-state index contributed by atoms with van der Waals surface area (Å²) in [6.07, 6.45) is -2.69. The fourth-order valence-electron chi connectivity index (χ4n) is 1.38. The predicted octanol–water partition coefficient (Wildman–Crippen LogP) is 2.80. The molecular formula is C10H9BrF2N2O4. The van der Waals surface area contributed by atoms with Crippen molar-refractivity contribution in [3.8, 4) is 0 Å². The van der Waals surface area contributed by atoms with Crippen molar-refractivity contribution < 1.29 is 23.2 Å². The van der Waals surface area contributed by atoms with Crippen LogP contribution in [0.2, 0.25) is 0 Å². The fraction of sp³-hybridized carbons (Fsp3) is 0.400. The van der Waals surface area contributed by atoms with Crippen LogP contribution in [0, 0.1) is 10.1 Å². The topological polar surface area (TPSA) is 82.3 Å². The number of hydrogen-bond donors (Lipinski definition) is 0. The molecule has 0 saturated heterocycles. The van der Waals surface area contributed by atoms with E-state index < -0.39 is 35.1 Å². The van der Waals surface area contributed by atoms with Gasteiger partial charge in [0.05, 0.1) is 18.6 Å². The highest BCUT2D eigenvalue weighted by atomic mass is 79.9. The molecule has 0 spiro atoms. The van der Waals surface area contributed by atoms with Crippen LogP contribution in [0.3, 0.4) is 0 Å². The van der Waals surface area contributed by atoms with Gasteiger partial charge in [0.15, 0.2) is 0 Å². The van der Waals surface area contributed by atoms with Crippen LogP contribution in [0.1, 0.15) is 24.5 Å². The van der Waals surface area contributed by atoms with Crippen molar-refractivity contribution in [3.05, 3.63) is 31.9 Å². The molecule has 0 bridgehead atoms. The maximum absolute atomic E-state index is 12.8. The number of nitro groups is 1. The fourth-order valence-corrected chi connectivity index (χ4v) is 1.99. The third-order valence-electron chi connectivity index (χ3n) is 2.17. The molecule has 104 valence electrons. The summed E-state index contributed by atoms with van der Waals surface area (Å²) in [5, 5.41) is 10.7. The number of esters is 1. The first-order valence-electron chi connectivity index (χ1n) is 5.13. The van der Waals surface area contributed by atoms with Crippen molar-refractivity contribution in [2.75, 3.05) is 6.61 Å². The molecule has 0 aliphatic carbocycles. The smallest absolute Gasteiger partial charge is 0.378 e. The lowest BCUT2D eigenvalue weighted by atomic mass is 10.1. The highest BCUT2D eigenvalue weighted by Gasteiger charge is 2.27. The molecule has 0 aliphatic heterocycles. The molecular weight excluding hydrogens is 330 g/mol. The Hall–Kier alpha value is -1.64. The van der Waals surface area contributed by atoms with Crippen LogP contribution < -0.4 is 0 Å². The Morgan fingerprint density at radius 2 is 2.26 bits per heavy atom. The zero-order valence-corrected chi connectivity index (χ0v) is 11.3.